The van der Waals surface area contributed by atoms with Crippen molar-refractivity contribution >= 4 is 38.3 Å². The van der Waals surface area contributed by atoms with Gasteiger partial charge in [0.05, 0.1) is 29.5 Å². The maximum atomic E-state index is 13.7. The van der Waals surface area contributed by atoms with Gasteiger partial charge in [0.2, 0.25) is 10.0 Å². The van der Waals surface area contributed by atoms with Crippen molar-refractivity contribution < 1.29 is 22.7 Å². The van der Waals surface area contributed by atoms with Gasteiger partial charge in [0.1, 0.15) is 0 Å². The summed E-state index contributed by atoms with van der Waals surface area (Å²) in [5.41, 5.74) is 6.18. The zero-order valence-electron chi connectivity index (χ0n) is 36.6. The van der Waals surface area contributed by atoms with Gasteiger partial charge in [0.15, 0.2) is 5.78 Å². The first-order chi connectivity index (χ1) is 27.4. The summed E-state index contributed by atoms with van der Waals surface area (Å²) < 4.78 is 34.5. The summed E-state index contributed by atoms with van der Waals surface area (Å²) in [4.78, 5) is 27.1. The first-order valence-electron chi connectivity index (χ1n) is 21.2. The molecule has 3 aromatic carbocycles. The average Bonchev–Trinajstić information content (AvgIpc) is 3.55. The Hall–Kier alpha value is -3.99. The molecule has 1 atom stereocenters. The Bertz CT molecular complexity index is 1840. The fourth-order valence-electron chi connectivity index (χ4n) is 6.44. The van der Waals surface area contributed by atoms with E-state index in [1.54, 1.807) is 12.1 Å². The molecule has 57 heavy (non-hydrogen) atoms. The molecule has 0 radical (unpaired) electrons. The number of carbonyl (C=O) groups is 2. The summed E-state index contributed by atoms with van der Waals surface area (Å²) in [6.07, 6.45) is 9.78. The molecule has 9 nitrogen and oxygen atoms in total. The molecule has 0 aliphatic carbocycles. The first kappa shape index (κ1) is 49.2. The monoisotopic (exact) mass is 805 g/mol. The van der Waals surface area contributed by atoms with Crippen molar-refractivity contribution in [2.45, 2.75) is 132 Å². The van der Waals surface area contributed by atoms with Crippen LogP contribution in [0.3, 0.4) is 0 Å². The maximum Gasteiger partial charge on any atom is 0.252 e. The summed E-state index contributed by atoms with van der Waals surface area (Å²) in [6, 6.07) is 21.0. The molecular formula is C47H72N4O5S. The fraction of sp³-hybridized carbons (Fsp3) is 0.532. The number of ketones is 1. The van der Waals surface area contributed by atoms with Gasteiger partial charge in [-0.3, -0.25) is 13.9 Å². The van der Waals surface area contributed by atoms with E-state index in [0.717, 1.165) is 34.9 Å². The molecule has 1 amide bonds. The number of hydrogen-bond donors (Lipinski definition) is 2. The van der Waals surface area contributed by atoms with Crippen molar-refractivity contribution in [3.8, 4) is 0 Å². The van der Waals surface area contributed by atoms with E-state index in [2.05, 4.69) is 76.4 Å². The standard InChI is InChI=1S/C29H36N4O5S.C8H10.C5H12.C3H8.C2H6/c1-3-33-19-21-11-14-39(36,37)32(2)25-16-22(17-26(33)28(21)25)29(35)31-24(15-20-7-5-4-6-8-20)27(34)18-30-23-9-12-38-13-10-23;1-7-3-5-8(2)6-4-7;1-3-5-4-2;1-3-2;1-2/h4-8,16-17,19,23-24,30H,3,9-15,18H2,1-2H3,(H,31,35);3-6H,1-2H3;3-5H2,1-2H3;3H2,1-2H3;1-2H3/t24-;;;;/m0..../s1. The number of hydrogen-bond acceptors (Lipinski definition) is 6. The summed E-state index contributed by atoms with van der Waals surface area (Å²) >= 11 is 0. The van der Waals surface area contributed by atoms with Crippen LogP contribution in [0.2, 0.25) is 0 Å². The molecule has 2 aliphatic rings. The highest BCUT2D eigenvalue weighted by molar-refractivity contribution is 7.92. The van der Waals surface area contributed by atoms with Crippen molar-refractivity contribution in [2.24, 2.45) is 0 Å². The third-order valence-electron chi connectivity index (χ3n) is 9.72. The molecule has 3 heterocycles. The third kappa shape index (κ3) is 15.7. The van der Waals surface area contributed by atoms with Gasteiger partial charge in [-0.05, 0) is 69.7 Å². The molecule has 2 N–H and O–H groups in total. The lowest BCUT2D eigenvalue weighted by molar-refractivity contribution is -0.120. The summed E-state index contributed by atoms with van der Waals surface area (Å²) in [5.74, 6) is -0.498. The van der Waals surface area contributed by atoms with Crippen LogP contribution in [0.5, 0.6) is 0 Å². The predicted octanol–water partition coefficient (Wildman–Crippen LogP) is 9.60. The topological polar surface area (TPSA) is 110 Å². The number of anilines is 1. The van der Waals surface area contributed by atoms with E-state index in [1.807, 2.05) is 61.9 Å². The van der Waals surface area contributed by atoms with E-state index in [0.29, 0.717) is 43.9 Å². The molecule has 10 heteroatoms. The highest BCUT2D eigenvalue weighted by Crippen LogP contribution is 2.37. The normalized spacial score (nSPS) is 14.8. The average molecular weight is 805 g/mol. The van der Waals surface area contributed by atoms with Gasteiger partial charge >= 0.3 is 0 Å². The molecule has 1 saturated heterocycles. The van der Waals surface area contributed by atoms with Gasteiger partial charge in [-0.1, -0.05) is 133 Å². The highest BCUT2D eigenvalue weighted by atomic mass is 32.2. The van der Waals surface area contributed by atoms with Gasteiger partial charge in [-0.25, -0.2) is 8.42 Å². The quantitative estimate of drug-likeness (QED) is 0.156. The molecule has 1 fully saturated rings. The largest absolute Gasteiger partial charge is 0.381 e. The van der Waals surface area contributed by atoms with Crippen LogP contribution >= 0.6 is 0 Å². The van der Waals surface area contributed by atoms with E-state index < -0.39 is 22.0 Å². The second kappa shape index (κ2) is 26.1. The number of nitrogens with one attached hydrogen (secondary N) is 2. The minimum atomic E-state index is -3.52. The first-order valence-corrected chi connectivity index (χ1v) is 22.8. The van der Waals surface area contributed by atoms with Crippen LogP contribution in [0.15, 0.2) is 72.9 Å². The van der Waals surface area contributed by atoms with Crippen molar-refractivity contribution in [3.63, 3.8) is 0 Å². The molecule has 4 aromatic rings. The zero-order chi connectivity index (χ0) is 42.4. The minimum Gasteiger partial charge on any atom is -0.381 e. The SMILES string of the molecule is CC.CCC.CCCCC.CCn1cc2c3c(cc(C(=O)N[C@@H](Cc4ccccc4)C(=O)CNC4CCOCC4)cc31)N(C)S(=O)(=O)CC2.Cc1ccc(C)cc1. The van der Waals surface area contributed by atoms with Crippen LogP contribution in [0.4, 0.5) is 5.69 Å². The zero-order valence-corrected chi connectivity index (χ0v) is 37.4. The van der Waals surface area contributed by atoms with Gasteiger partial charge in [0, 0.05) is 50.0 Å². The Morgan fingerprint density at radius 3 is 1.98 bits per heavy atom. The molecule has 0 unspecified atom stereocenters. The lowest BCUT2D eigenvalue weighted by Crippen LogP contribution is -2.48. The Balaban J connectivity index is 0.000000519. The van der Waals surface area contributed by atoms with Gasteiger partial charge in [-0.15, -0.1) is 0 Å². The van der Waals surface area contributed by atoms with E-state index in [1.165, 1.54) is 48.2 Å². The minimum absolute atomic E-state index is 0.0102. The second-order valence-corrected chi connectivity index (χ2v) is 16.6. The van der Waals surface area contributed by atoms with Crippen molar-refractivity contribution in [1.82, 2.24) is 15.2 Å². The lowest BCUT2D eigenvalue weighted by Gasteiger charge is -2.25. The van der Waals surface area contributed by atoms with E-state index in [9.17, 15) is 18.0 Å². The smallest absolute Gasteiger partial charge is 0.252 e. The predicted molar refractivity (Wildman–Crippen MR) is 240 cm³/mol. The fourth-order valence-corrected chi connectivity index (χ4v) is 7.64. The molecule has 0 bridgehead atoms. The molecule has 0 saturated carbocycles. The number of ether oxygens (including phenoxy) is 1. The van der Waals surface area contributed by atoms with Crippen LogP contribution in [-0.2, 0) is 38.9 Å². The molecular weight excluding hydrogens is 733 g/mol. The number of amides is 1. The van der Waals surface area contributed by atoms with E-state index in [-0.39, 0.29) is 24.1 Å². The molecule has 1 aromatic heterocycles. The molecule has 6 rings (SSSR count). The van der Waals surface area contributed by atoms with Gasteiger partial charge in [0.25, 0.3) is 5.91 Å². The maximum absolute atomic E-state index is 13.7. The number of rotatable bonds is 11. The Labute approximate surface area is 345 Å². The van der Waals surface area contributed by atoms with Crippen molar-refractivity contribution in [1.29, 1.82) is 0 Å². The highest BCUT2D eigenvalue weighted by Gasteiger charge is 2.30. The molecule has 0 spiro atoms. The summed E-state index contributed by atoms with van der Waals surface area (Å²) in [7, 11) is -1.98. The number of Topliss-reactive ketones (excluding diaryl/α,β-unsaturated/α-hetero) is 1. The van der Waals surface area contributed by atoms with Crippen LogP contribution in [0, 0.1) is 13.8 Å². The van der Waals surface area contributed by atoms with Crippen LogP contribution in [0.1, 0.15) is 120 Å². The Morgan fingerprint density at radius 1 is 0.877 bits per heavy atom. The number of aromatic nitrogens is 1. The third-order valence-corrected chi connectivity index (χ3v) is 11.5. The Morgan fingerprint density at radius 2 is 1.46 bits per heavy atom. The van der Waals surface area contributed by atoms with E-state index >= 15 is 0 Å². The van der Waals surface area contributed by atoms with Gasteiger partial charge in [-0.2, -0.15) is 0 Å². The summed E-state index contributed by atoms with van der Waals surface area (Å²) in [5, 5.41) is 7.16. The van der Waals surface area contributed by atoms with Crippen molar-refractivity contribution in [2.75, 3.05) is 36.9 Å². The molecule has 316 valence electrons. The number of benzene rings is 3. The van der Waals surface area contributed by atoms with Gasteiger partial charge < -0.3 is 19.9 Å². The van der Waals surface area contributed by atoms with Crippen molar-refractivity contribution in [3.05, 3.63) is 101 Å². The van der Waals surface area contributed by atoms with Crippen LogP contribution < -0.4 is 14.9 Å². The number of sulfonamides is 1. The van der Waals surface area contributed by atoms with E-state index in [4.69, 9.17) is 4.74 Å². The number of unbranched alkanes of at least 4 members (excludes halogenated alkanes) is 2. The summed E-state index contributed by atoms with van der Waals surface area (Å²) in [6.45, 7) is 21.1. The van der Waals surface area contributed by atoms with Crippen LogP contribution in [0.25, 0.3) is 10.9 Å². The molecule has 2 aliphatic heterocycles. The number of nitrogens with zero attached hydrogens (tertiary/aromatic N) is 2. The second-order valence-electron chi connectivity index (χ2n) is 14.5. The number of aryl methyl sites for hydroxylation is 4. The van der Waals surface area contributed by atoms with Crippen LogP contribution in [-0.4, -0.2) is 69.3 Å². The lowest BCUT2D eigenvalue weighted by atomic mass is 10.0. The Kier molecular flexibility index (Phi) is 22.5. The number of carbonyl (C=O) groups excluding carboxylic acids is 2.